The molecule has 0 fully saturated rings. The number of rotatable bonds is 5. The summed E-state index contributed by atoms with van der Waals surface area (Å²) in [5.41, 5.74) is 1.37. The Morgan fingerprint density at radius 3 is 2.60 bits per heavy atom. The highest BCUT2D eigenvalue weighted by atomic mass is 16.6. The average molecular weight is 208 g/mol. The zero-order chi connectivity index (χ0) is 11.1. The number of carbonyl (C=O) groups is 1. The molecule has 0 bridgehead atoms. The molecule has 0 atom stereocenters. The van der Waals surface area contributed by atoms with Gasteiger partial charge in [-0.05, 0) is 24.6 Å². The van der Waals surface area contributed by atoms with Gasteiger partial charge in [-0.1, -0.05) is 12.1 Å². The van der Waals surface area contributed by atoms with E-state index in [1.807, 2.05) is 6.92 Å². The van der Waals surface area contributed by atoms with Crippen molar-refractivity contribution in [2.75, 3.05) is 6.61 Å². The monoisotopic (exact) mass is 208 g/mol. The highest BCUT2D eigenvalue weighted by Crippen LogP contribution is 2.13. The molecule has 5 heteroatoms. The van der Waals surface area contributed by atoms with Crippen molar-refractivity contribution in [1.82, 2.24) is 0 Å². The Labute approximate surface area is 87.4 Å². The van der Waals surface area contributed by atoms with Crippen molar-refractivity contribution in [3.63, 3.8) is 0 Å². The van der Waals surface area contributed by atoms with E-state index in [9.17, 15) is 4.79 Å². The Hall–Kier alpha value is -1.91. The van der Waals surface area contributed by atoms with Crippen LogP contribution < -0.4 is 0 Å². The van der Waals surface area contributed by atoms with Crippen LogP contribution in [0.1, 0.15) is 12.5 Å². The molecule has 0 aliphatic rings. The first-order valence-corrected chi connectivity index (χ1v) is 4.56. The van der Waals surface area contributed by atoms with Gasteiger partial charge < -0.3 is 9.94 Å². The van der Waals surface area contributed by atoms with Crippen LogP contribution in [0.5, 0.6) is 0 Å². The lowest BCUT2D eigenvalue weighted by molar-refractivity contribution is -0.136. The summed E-state index contributed by atoms with van der Waals surface area (Å²) in [7, 11) is 0. The third kappa shape index (κ3) is 4.21. The molecule has 0 aromatic heterocycles. The van der Waals surface area contributed by atoms with Crippen LogP contribution in [-0.2, 0) is 16.1 Å². The molecule has 15 heavy (non-hydrogen) atoms. The highest BCUT2D eigenvalue weighted by Gasteiger charge is 1.99. The topological polar surface area (TPSA) is 71.2 Å². The summed E-state index contributed by atoms with van der Waals surface area (Å²) < 4.78 is 0. The lowest BCUT2D eigenvalue weighted by atomic mass is 10.1. The second-order valence-corrected chi connectivity index (χ2v) is 2.84. The van der Waals surface area contributed by atoms with Crippen LogP contribution in [0, 0.1) is 0 Å². The first-order valence-electron chi connectivity index (χ1n) is 4.56. The number of benzene rings is 1. The first-order chi connectivity index (χ1) is 7.22. The van der Waals surface area contributed by atoms with Crippen LogP contribution >= 0.6 is 0 Å². The molecule has 1 aromatic carbocycles. The van der Waals surface area contributed by atoms with Gasteiger partial charge in [0, 0.05) is 5.28 Å². The maximum absolute atomic E-state index is 10.4. The van der Waals surface area contributed by atoms with Crippen molar-refractivity contribution in [3.8, 4) is 0 Å². The van der Waals surface area contributed by atoms with Gasteiger partial charge in [0.15, 0.2) is 0 Å². The molecule has 1 aromatic rings. The maximum atomic E-state index is 10.4. The summed E-state index contributed by atoms with van der Waals surface area (Å²) in [5, 5.41) is 15.8. The zero-order valence-electron chi connectivity index (χ0n) is 8.38. The number of carboxylic acids is 1. The predicted molar refractivity (Wildman–Crippen MR) is 53.9 cm³/mol. The molecule has 0 spiro atoms. The van der Waals surface area contributed by atoms with E-state index in [1.165, 1.54) is 0 Å². The second kappa shape index (κ2) is 5.74. The second-order valence-electron chi connectivity index (χ2n) is 2.84. The van der Waals surface area contributed by atoms with Crippen molar-refractivity contribution < 1.29 is 14.7 Å². The smallest absolute Gasteiger partial charge is 0.307 e. The van der Waals surface area contributed by atoms with Gasteiger partial charge in [-0.3, -0.25) is 4.79 Å². The number of hydrogen-bond donors (Lipinski definition) is 1. The van der Waals surface area contributed by atoms with Crippen molar-refractivity contribution >= 4 is 11.7 Å². The van der Waals surface area contributed by atoms with Crippen molar-refractivity contribution in [2.45, 2.75) is 13.3 Å². The third-order valence-corrected chi connectivity index (χ3v) is 1.63. The largest absolute Gasteiger partial charge is 0.481 e. The van der Waals surface area contributed by atoms with E-state index in [0.717, 1.165) is 5.56 Å². The Bertz CT molecular complexity index is 346. The minimum absolute atomic E-state index is 0.0167. The number of nitrogens with zero attached hydrogens (tertiary/aromatic N) is 2. The summed E-state index contributed by atoms with van der Waals surface area (Å²) >= 11 is 0. The van der Waals surface area contributed by atoms with Gasteiger partial charge in [0.25, 0.3) is 0 Å². The van der Waals surface area contributed by atoms with Gasteiger partial charge in [-0.15, -0.1) is 5.11 Å². The molecule has 0 aliphatic carbocycles. The number of aliphatic carboxylic acids is 1. The van der Waals surface area contributed by atoms with Crippen LogP contribution in [-0.4, -0.2) is 17.7 Å². The summed E-state index contributed by atoms with van der Waals surface area (Å²) in [6.07, 6.45) is 0.0167. The normalized spacial score (nSPS) is 10.5. The molecule has 0 unspecified atom stereocenters. The molecule has 1 rings (SSSR count). The fourth-order valence-corrected chi connectivity index (χ4v) is 0.989. The van der Waals surface area contributed by atoms with Crippen LogP contribution in [0.15, 0.2) is 34.7 Å². The van der Waals surface area contributed by atoms with Crippen LogP contribution in [0.2, 0.25) is 0 Å². The van der Waals surface area contributed by atoms with Gasteiger partial charge in [-0.25, -0.2) is 0 Å². The van der Waals surface area contributed by atoms with E-state index in [-0.39, 0.29) is 6.42 Å². The summed E-state index contributed by atoms with van der Waals surface area (Å²) in [5.74, 6) is -0.848. The summed E-state index contributed by atoms with van der Waals surface area (Å²) in [4.78, 5) is 15.1. The van der Waals surface area contributed by atoms with E-state index in [0.29, 0.717) is 12.3 Å². The number of hydrogen-bond acceptors (Lipinski definition) is 4. The van der Waals surface area contributed by atoms with Crippen LogP contribution in [0.4, 0.5) is 5.69 Å². The Morgan fingerprint density at radius 1 is 1.40 bits per heavy atom. The Morgan fingerprint density at radius 2 is 2.07 bits per heavy atom. The maximum Gasteiger partial charge on any atom is 0.307 e. The van der Waals surface area contributed by atoms with E-state index in [1.54, 1.807) is 24.3 Å². The molecular weight excluding hydrogens is 196 g/mol. The van der Waals surface area contributed by atoms with E-state index in [2.05, 4.69) is 10.4 Å². The minimum Gasteiger partial charge on any atom is -0.481 e. The SMILES string of the molecule is CCON=Nc1ccc(CC(=O)O)cc1. The molecule has 1 N–H and O–H groups in total. The van der Waals surface area contributed by atoms with E-state index in [4.69, 9.17) is 9.94 Å². The molecule has 0 saturated carbocycles. The molecule has 0 saturated heterocycles. The summed E-state index contributed by atoms with van der Waals surface area (Å²) in [6, 6.07) is 6.80. The molecule has 0 amide bonds. The number of carboxylic acid groups (broad SMARTS) is 1. The molecular formula is C10H12N2O3. The fourth-order valence-electron chi connectivity index (χ4n) is 0.989. The molecule has 0 heterocycles. The highest BCUT2D eigenvalue weighted by molar-refractivity contribution is 5.70. The lowest BCUT2D eigenvalue weighted by Crippen LogP contribution is -1.99. The third-order valence-electron chi connectivity index (χ3n) is 1.63. The quantitative estimate of drug-likeness (QED) is 0.596. The Balaban J connectivity index is 2.60. The Kier molecular flexibility index (Phi) is 4.28. The predicted octanol–water partition coefficient (Wildman–Crippen LogP) is 2.35. The minimum atomic E-state index is -0.848. The zero-order valence-corrected chi connectivity index (χ0v) is 8.38. The van der Waals surface area contributed by atoms with Gasteiger partial charge in [0.2, 0.25) is 0 Å². The molecule has 5 nitrogen and oxygen atoms in total. The lowest BCUT2D eigenvalue weighted by Gasteiger charge is -1.96. The van der Waals surface area contributed by atoms with Gasteiger partial charge in [-0.2, -0.15) is 0 Å². The van der Waals surface area contributed by atoms with Crippen molar-refractivity contribution in [3.05, 3.63) is 29.8 Å². The van der Waals surface area contributed by atoms with E-state index >= 15 is 0 Å². The molecule has 0 radical (unpaired) electrons. The molecule has 0 aliphatic heterocycles. The van der Waals surface area contributed by atoms with Crippen molar-refractivity contribution in [2.24, 2.45) is 10.4 Å². The van der Waals surface area contributed by atoms with Gasteiger partial charge >= 0.3 is 5.97 Å². The van der Waals surface area contributed by atoms with Gasteiger partial charge in [0.1, 0.15) is 6.61 Å². The van der Waals surface area contributed by atoms with Crippen molar-refractivity contribution in [1.29, 1.82) is 0 Å². The van der Waals surface area contributed by atoms with Crippen LogP contribution in [0.25, 0.3) is 0 Å². The summed E-state index contributed by atoms with van der Waals surface area (Å²) in [6.45, 7) is 2.29. The van der Waals surface area contributed by atoms with Crippen LogP contribution in [0.3, 0.4) is 0 Å². The molecule has 80 valence electrons. The first kappa shape index (κ1) is 11.2. The standard InChI is InChI=1S/C10H12N2O3/c1-2-15-12-11-9-5-3-8(4-6-9)7-10(13)14/h3-6H,2,7H2,1H3,(H,13,14). The van der Waals surface area contributed by atoms with E-state index < -0.39 is 5.97 Å². The van der Waals surface area contributed by atoms with Gasteiger partial charge in [0.05, 0.1) is 12.1 Å². The average Bonchev–Trinajstić information content (AvgIpc) is 2.20. The fraction of sp³-hybridized carbons (Fsp3) is 0.300.